The highest BCUT2D eigenvalue weighted by atomic mass is 16.3. The monoisotopic (exact) mass is 231 g/mol. The maximum Gasteiger partial charge on any atom is 0.0626 e. The topological polar surface area (TPSA) is 50.1 Å². The summed E-state index contributed by atoms with van der Waals surface area (Å²) in [6, 6.07) is 11.9. The Morgan fingerprint density at radius 2 is 2.06 bits per heavy atom. The number of rotatable bonds is 5. The SMILES string of the molecule is Cn1nccc1CN[C@@H](CO)c1ccccc1. The van der Waals surface area contributed by atoms with Crippen LogP contribution >= 0.6 is 0 Å². The van der Waals surface area contributed by atoms with Gasteiger partial charge in [0.2, 0.25) is 0 Å². The average molecular weight is 231 g/mol. The Hall–Kier alpha value is -1.65. The van der Waals surface area contributed by atoms with Gasteiger partial charge in [0.05, 0.1) is 18.3 Å². The Bertz CT molecular complexity index is 453. The summed E-state index contributed by atoms with van der Waals surface area (Å²) in [6.07, 6.45) is 1.77. The third kappa shape index (κ3) is 2.93. The van der Waals surface area contributed by atoms with E-state index in [2.05, 4.69) is 10.4 Å². The first kappa shape index (κ1) is 11.8. The maximum atomic E-state index is 9.39. The molecule has 2 N–H and O–H groups in total. The van der Waals surface area contributed by atoms with Crippen LogP contribution in [-0.2, 0) is 13.6 Å². The molecule has 0 amide bonds. The van der Waals surface area contributed by atoms with Crippen molar-refractivity contribution in [2.45, 2.75) is 12.6 Å². The summed E-state index contributed by atoms with van der Waals surface area (Å²) in [5, 5.41) is 16.8. The standard InChI is InChI=1S/C13H17N3O/c1-16-12(7-8-15-16)9-14-13(10-17)11-5-3-2-4-6-11/h2-8,13-14,17H,9-10H2,1H3/t13-/m0/s1. The summed E-state index contributed by atoms with van der Waals surface area (Å²) in [7, 11) is 1.91. The number of aliphatic hydroxyl groups is 1. The first-order valence-corrected chi connectivity index (χ1v) is 5.67. The molecule has 0 bridgehead atoms. The normalized spacial score (nSPS) is 12.6. The largest absolute Gasteiger partial charge is 0.394 e. The van der Waals surface area contributed by atoms with E-state index in [0.717, 1.165) is 11.3 Å². The summed E-state index contributed by atoms with van der Waals surface area (Å²) in [6.45, 7) is 0.776. The van der Waals surface area contributed by atoms with Crippen molar-refractivity contribution in [2.75, 3.05) is 6.61 Å². The summed E-state index contributed by atoms with van der Waals surface area (Å²) in [4.78, 5) is 0. The Balaban J connectivity index is 1.99. The molecule has 0 saturated carbocycles. The van der Waals surface area contributed by atoms with Gasteiger partial charge in [0, 0.05) is 19.8 Å². The molecule has 0 aliphatic heterocycles. The van der Waals surface area contributed by atoms with Crippen molar-refractivity contribution in [2.24, 2.45) is 7.05 Å². The predicted octanol–water partition coefficient (Wildman–Crippen LogP) is 1.24. The predicted molar refractivity (Wildman–Crippen MR) is 66.3 cm³/mol. The van der Waals surface area contributed by atoms with E-state index < -0.39 is 0 Å². The van der Waals surface area contributed by atoms with Gasteiger partial charge in [-0.3, -0.25) is 4.68 Å². The lowest BCUT2D eigenvalue weighted by molar-refractivity contribution is 0.243. The molecular formula is C13H17N3O. The molecule has 2 rings (SSSR count). The van der Waals surface area contributed by atoms with Gasteiger partial charge in [-0.1, -0.05) is 30.3 Å². The van der Waals surface area contributed by atoms with E-state index >= 15 is 0 Å². The lowest BCUT2D eigenvalue weighted by atomic mass is 10.1. The molecule has 0 radical (unpaired) electrons. The minimum Gasteiger partial charge on any atom is -0.394 e. The van der Waals surface area contributed by atoms with Gasteiger partial charge in [-0.2, -0.15) is 5.10 Å². The van der Waals surface area contributed by atoms with Crippen LogP contribution in [0.2, 0.25) is 0 Å². The molecule has 0 fully saturated rings. The lowest BCUT2D eigenvalue weighted by Gasteiger charge is -2.16. The fraction of sp³-hybridized carbons (Fsp3) is 0.308. The summed E-state index contributed by atoms with van der Waals surface area (Å²) >= 11 is 0. The lowest BCUT2D eigenvalue weighted by Crippen LogP contribution is -2.24. The van der Waals surface area contributed by atoms with Crippen LogP contribution in [0.25, 0.3) is 0 Å². The van der Waals surface area contributed by atoms with Gasteiger partial charge in [0.1, 0.15) is 0 Å². The van der Waals surface area contributed by atoms with Crippen molar-refractivity contribution in [3.05, 3.63) is 53.9 Å². The van der Waals surface area contributed by atoms with Gasteiger partial charge in [-0.15, -0.1) is 0 Å². The summed E-state index contributed by atoms with van der Waals surface area (Å²) < 4.78 is 1.83. The smallest absolute Gasteiger partial charge is 0.0626 e. The van der Waals surface area contributed by atoms with Gasteiger partial charge in [0.25, 0.3) is 0 Å². The molecule has 1 aromatic heterocycles. The Morgan fingerprint density at radius 1 is 1.29 bits per heavy atom. The Labute approximate surface area is 101 Å². The minimum atomic E-state index is -0.0360. The zero-order valence-electron chi connectivity index (χ0n) is 9.87. The molecule has 2 aromatic rings. The first-order chi connectivity index (χ1) is 8.31. The van der Waals surface area contributed by atoms with Crippen molar-refractivity contribution >= 4 is 0 Å². The van der Waals surface area contributed by atoms with Crippen LogP contribution in [0.15, 0.2) is 42.6 Å². The number of nitrogens with one attached hydrogen (secondary N) is 1. The maximum absolute atomic E-state index is 9.39. The zero-order chi connectivity index (χ0) is 12.1. The highest BCUT2D eigenvalue weighted by molar-refractivity contribution is 5.19. The average Bonchev–Trinajstić information content (AvgIpc) is 2.77. The molecule has 1 aromatic carbocycles. The van der Waals surface area contributed by atoms with Crippen LogP contribution in [-0.4, -0.2) is 21.5 Å². The molecule has 0 aliphatic rings. The van der Waals surface area contributed by atoms with E-state index in [0.29, 0.717) is 6.54 Å². The van der Waals surface area contributed by atoms with E-state index in [1.54, 1.807) is 6.20 Å². The van der Waals surface area contributed by atoms with Gasteiger partial charge < -0.3 is 10.4 Å². The molecule has 1 heterocycles. The number of aliphatic hydroxyl groups excluding tert-OH is 1. The molecule has 0 spiro atoms. The molecule has 0 saturated heterocycles. The third-order valence-corrected chi connectivity index (χ3v) is 2.84. The van der Waals surface area contributed by atoms with Crippen LogP contribution in [0.1, 0.15) is 17.3 Å². The molecule has 0 unspecified atom stereocenters. The van der Waals surface area contributed by atoms with E-state index in [-0.39, 0.29) is 12.6 Å². The van der Waals surface area contributed by atoms with Crippen LogP contribution in [0.5, 0.6) is 0 Å². The summed E-state index contributed by atoms with van der Waals surface area (Å²) in [5.41, 5.74) is 2.19. The number of nitrogens with zero attached hydrogens (tertiary/aromatic N) is 2. The van der Waals surface area contributed by atoms with E-state index in [4.69, 9.17) is 0 Å². The fourth-order valence-electron chi connectivity index (χ4n) is 1.78. The van der Waals surface area contributed by atoms with Gasteiger partial charge in [-0.05, 0) is 11.6 Å². The molecule has 4 nitrogen and oxygen atoms in total. The molecule has 17 heavy (non-hydrogen) atoms. The molecule has 90 valence electrons. The molecular weight excluding hydrogens is 214 g/mol. The molecule has 0 aliphatic carbocycles. The number of aryl methyl sites for hydroxylation is 1. The first-order valence-electron chi connectivity index (χ1n) is 5.67. The molecule has 1 atom stereocenters. The Morgan fingerprint density at radius 3 is 2.65 bits per heavy atom. The highest BCUT2D eigenvalue weighted by Crippen LogP contribution is 2.12. The van der Waals surface area contributed by atoms with Crippen molar-refractivity contribution in [3.63, 3.8) is 0 Å². The van der Waals surface area contributed by atoms with Gasteiger partial charge in [0.15, 0.2) is 0 Å². The second kappa shape index (κ2) is 5.61. The second-order valence-corrected chi connectivity index (χ2v) is 3.97. The fourth-order valence-corrected chi connectivity index (χ4v) is 1.78. The van der Waals surface area contributed by atoms with Crippen LogP contribution < -0.4 is 5.32 Å². The zero-order valence-corrected chi connectivity index (χ0v) is 9.87. The minimum absolute atomic E-state index is 0.0360. The van der Waals surface area contributed by atoms with E-state index in [9.17, 15) is 5.11 Å². The van der Waals surface area contributed by atoms with Crippen LogP contribution in [0.4, 0.5) is 0 Å². The van der Waals surface area contributed by atoms with E-state index in [1.165, 1.54) is 0 Å². The van der Waals surface area contributed by atoms with Crippen molar-refractivity contribution < 1.29 is 5.11 Å². The number of hydrogen-bond acceptors (Lipinski definition) is 3. The van der Waals surface area contributed by atoms with Gasteiger partial charge in [-0.25, -0.2) is 0 Å². The van der Waals surface area contributed by atoms with Gasteiger partial charge >= 0.3 is 0 Å². The van der Waals surface area contributed by atoms with Crippen molar-refractivity contribution in [3.8, 4) is 0 Å². The summed E-state index contributed by atoms with van der Waals surface area (Å²) in [5.74, 6) is 0. The number of aromatic nitrogens is 2. The molecule has 4 heteroatoms. The second-order valence-electron chi connectivity index (χ2n) is 3.97. The number of hydrogen-bond donors (Lipinski definition) is 2. The van der Waals surface area contributed by atoms with Crippen molar-refractivity contribution in [1.29, 1.82) is 0 Å². The quantitative estimate of drug-likeness (QED) is 0.814. The number of benzene rings is 1. The Kier molecular flexibility index (Phi) is 3.90. The van der Waals surface area contributed by atoms with Crippen LogP contribution in [0, 0.1) is 0 Å². The van der Waals surface area contributed by atoms with Crippen LogP contribution in [0.3, 0.4) is 0 Å². The highest BCUT2D eigenvalue weighted by Gasteiger charge is 2.09. The third-order valence-electron chi connectivity index (χ3n) is 2.84. The van der Waals surface area contributed by atoms with Crippen molar-refractivity contribution in [1.82, 2.24) is 15.1 Å². The van der Waals surface area contributed by atoms with E-state index in [1.807, 2.05) is 48.1 Å².